The second kappa shape index (κ2) is 11.6. The van der Waals surface area contributed by atoms with Crippen LogP contribution in [0.1, 0.15) is 27.2 Å². The molecule has 1 amide bonds. The number of nitrogens with zero attached hydrogens (tertiary/aromatic N) is 1. The summed E-state index contributed by atoms with van der Waals surface area (Å²) < 4.78 is 5.51. The molecule has 0 radical (unpaired) electrons. The van der Waals surface area contributed by atoms with Crippen molar-refractivity contribution in [3.05, 3.63) is 24.5 Å². The molecule has 0 aliphatic heterocycles. The highest BCUT2D eigenvalue weighted by atomic mass is 35.5. The Morgan fingerprint density at radius 1 is 1.38 bits per heavy atom. The molecular formula is C14H25Cl2N3O2. The number of hydrogen-bond donors (Lipinski definition) is 2. The number of aromatic nitrogens is 1. The van der Waals surface area contributed by atoms with Gasteiger partial charge in [-0.1, -0.05) is 13.8 Å². The molecule has 3 N–H and O–H groups in total. The SMILES string of the molecule is CC(C)CC(CN)NC(=O)C(C)Oc1cccnc1.Cl.Cl. The van der Waals surface area contributed by atoms with Crippen LogP contribution in [0.3, 0.4) is 0 Å². The lowest BCUT2D eigenvalue weighted by Gasteiger charge is -2.21. The first-order valence-corrected chi connectivity index (χ1v) is 6.60. The Morgan fingerprint density at radius 2 is 2.05 bits per heavy atom. The lowest BCUT2D eigenvalue weighted by atomic mass is 10.0. The first kappa shape index (κ1) is 22.2. The maximum atomic E-state index is 12.0. The third-order valence-corrected chi connectivity index (χ3v) is 2.70. The molecule has 0 bridgehead atoms. The van der Waals surface area contributed by atoms with Crippen LogP contribution >= 0.6 is 24.8 Å². The van der Waals surface area contributed by atoms with Crippen molar-refractivity contribution >= 4 is 30.7 Å². The lowest BCUT2D eigenvalue weighted by molar-refractivity contribution is -0.128. The molecule has 2 unspecified atom stereocenters. The number of hydrogen-bond acceptors (Lipinski definition) is 4. The molecule has 1 heterocycles. The van der Waals surface area contributed by atoms with Crippen molar-refractivity contribution in [3.8, 4) is 5.75 Å². The molecule has 0 aromatic carbocycles. The molecule has 1 aromatic heterocycles. The zero-order valence-electron chi connectivity index (χ0n) is 12.6. The Kier molecular flexibility index (Phi) is 12.3. The Balaban J connectivity index is 0. The number of nitrogens with one attached hydrogen (secondary N) is 1. The van der Waals surface area contributed by atoms with Gasteiger partial charge in [0.2, 0.25) is 0 Å². The van der Waals surface area contributed by atoms with Crippen molar-refractivity contribution in [1.82, 2.24) is 10.3 Å². The van der Waals surface area contributed by atoms with Crippen molar-refractivity contribution in [2.45, 2.75) is 39.3 Å². The predicted molar refractivity (Wildman–Crippen MR) is 89.3 cm³/mol. The van der Waals surface area contributed by atoms with E-state index in [0.717, 1.165) is 6.42 Å². The number of amides is 1. The first-order valence-electron chi connectivity index (χ1n) is 6.60. The van der Waals surface area contributed by atoms with Gasteiger partial charge in [0.25, 0.3) is 5.91 Å². The summed E-state index contributed by atoms with van der Waals surface area (Å²) in [5.41, 5.74) is 5.66. The number of pyridine rings is 1. The van der Waals surface area contributed by atoms with E-state index < -0.39 is 6.10 Å². The van der Waals surface area contributed by atoms with E-state index in [0.29, 0.717) is 18.2 Å². The molecule has 5 nitrogen and oxygen atoms in total. The molecule has 0 saturated heterocycles. The first-order chi connectivity index (χ1) is 9.02. The van der Waals surface area contributed by atoms with Crippen LogP contribution in [-0.2, 0) is 4.79 Å². The quantitative estimate of drug-likeness (QED) is 0.799. The zero-order chi connectivity index (χ0) is 14.3. The Labute approximate surface area is 138 Å². The summed E-state index contributed by atoms with van der Waals surface area (Å²) in [7, 11) is 0. The van der Waals surface area contributed by atoms with E-state index in [-0.39, 0.29) is 36.8 Å². The van der Waals surface area contributed by atoms with Gasteiger partial charge in [-0.15, -0.1) is 24.8 Å². The predicted octanol–water partition coefficient (Wildman–Crippen LogP) is 2.18. The molecule has 7 heteroatoms. The fraction of sp³-hybridized carbons (Fsp3) is 0.571. The number of carbonyl (C=O) groups is 1. The van der Waals surface area contributed by atoms with E-state index in [1.165, 1.54) is 0 Å². The summed E-state index contributed by atoms with van der Waals surface area (Å²) in [5.74, 6) is 0.918. The largest absolute Gasteiger partial charge is 0.479 e. The van der Waals surface area contributed by atoms with Crippen LogP contribution in [0.25, 0.3) is 0 Å². The average molecular weight is 338 g/mol. The van der Waals surface area contributed by atoms with Crippen molar-refractivity contribution < 1.29 is 9.53 Å². The second-order valence-corrected chi connectivity index (χ2v) is 5.02. The summed E-state index contributed by atoms with van der Waals surface area (Å²) in [4.78, 5) is 15.9. The number of ether oxygens (including phenoxy) is 1. The molecule has 2 atom stereocenters. The molecule has 0 fully saturated rings. The topological polar surface area (TPSA) is 77.2 Å². The van der Waals surface area contributed by atoms with Gasteiger partial charge in [-0.3, -0.25) is 9.78 Å². The minimum absolute atomic E-state index is 0. The van der Waals surface area contributed by atoms with Gasteiger partial charge < -0.3 is 15.8 Å². The van der Waals surface area contributed by atoms with Gasteiger partial charge in [0.05, 0.1) is 6.20 Å². The molecule has 0 saturated carbocycles. The molecule has 21 heavy (non-hydrogen) atoms. The van der Waals surface area contributed by atoms with Crippen LogP contribution in [0.15, 0.2) is 24.5 Å². The second-order valence-electron chi connectivity index (χ2n) is 5.02. The Morgan fingerprint density at radius 3 is 2.52 bits per heavy atom. The Hall–Kier alpha value is -1.04. The zero-order valence-corrected chi connectivity index (χ0v) is 14.2. The van der Waals surface area contributed by atoms with Crippen molar-refractivity contribution in [2.75, 3.05) is 6.54 Å². The highest BCUT2D eigenvalue weighted by molar-refractivity contribution is 5.85. The van der Waals surface area contributed by atoms with E-state index in [2.05, 4.69) is 24.1 Å². The molecule has 0 aliphatic carbocycles. The van der Waals surface area contributed by atoms with Crippen molar-refractivity contribution in [3.63, 3.8) is 0 Å². The highest BCUT2D eigenvalue weighted by Crippen LogP contribution is 2.10. The number of nitrogens with two attached hydrogens (primary N) is 1. The van der Waals surface area contributed by atoms with Gasteiger partial charge in [0.15, 0.2) is 6.10 Å². The van der Waals surface area contributed by atoms with E-state index >= 15 is 0 Å². The fourth-order valence-corrected chi connectivity index (χ4v) is 1.78. The fourth-order valence-electron chi connectivity index (χ4n) is 1.78. The minimum Gasteiger partial charge on any atom is -0.479 e. The maximum absolute atomic E-state index is 12.0. The molecule has 1 aromatic rings. The van der Waals surface area contributed by atoms with E-state index in [1.54, 1.807) is 31.5 Å². The van der Waals surface area contributed by atoms with Crippen molar-refractivity contribution in [1.29, 1.82) is 0 Å². The van der Waals surface area contributed by atoms with E-state index in [1.807, 2.05) is 0 Å². The van der Waals surface area contributed by atoms with Crippen LogP contribution < -0.4 is 15.8 Å². The summed E-state index contributed by atoms with van der Waals surface area (Å²) in [6.07, 6.45) is 3.54. The van der Waals surface area contributed by atoms with E-state index in [4.69, 9.17) is 10.5 Å². The standard InChI is InChI=1S/C14H23N3O2.2ClH/c1-10(2)7-12(8-15)17-14(18)11(3)19-13-5-4-6-16-9-13;;/h4-6,9-12H,7-8,15H2,1-3H3,(H,17,18);2*1H. The van der Waals surface area contributed by atoms with Crippen LogP contribution in [0.5, 0.6) is 5.75 Å². The van der Waals surface area contributed by atoms with Crippen LogP contribution in [0.4, 0.5) is 0 Å². The van der Waals surface area contributed by atoms with Crippen LogP contribution in [0, 0.1) is 5.92 Å². The summed E-state index contributed by atoms with van der Waals surface area (Å²) >= 11 is 0. The molecule has 1 rings (SSSR count). The smallest absolute Gasteiger partial charge is 0.261 e. The highest BCUT2D eigenvalue weighted by Gasteiger charge is 2.19. The normalized spacial score (nSPS) is 12.6. The third-order valence-electron chi connectivity index (χ3n) is 2.70. The van der Waals surface area contributed by atoms with Crippen LogP contribution in [0.2, 0.25) is 0 Å². The molecular weight excluding hydrogens is 313 g/mol. The maximum Gasteiger partial charge on any atom is 0.261 e. The third kappa shape index (κ3) is 8.75. The van der Waals surface area contributed by atoms with Gasteiger partial charge in [0, 0.05) is 18.8 Å². The number of rotatable bonds is 7. The molecule has 0 aliphatic rings. The van der Waals surface area contributed by atoms with E-state index in [9.17, 15) is 4.79 Å². The monoisotopic (exact) mass is 337 g/mol. The van der Waals surface area contributed by atoms with Gasteiger partial charge in [-0.25, -0.2) is 0 Å². The lowest BCUT2D eigenvalue weighted by Crippen LogP contribution is -2.46. The number of halogens is 2. The summed E-state index contributed by atoms with van der Waals surface area (Å²) in [6.45, 7) is 6.35. The molecule has 122 valence electrons. The average Bonchev–Trinajstić information content (AvgIpc) is 2.38. The summed E-state index contributed by atoms with van der Waals surface area (Å²) in [5, 5.41) is 2.91. The molecule has 0 spiro atoms. The Bertz CT molecular complexity index is 391. The van der Waals surface area contributed by atoms with Gasteiger partial charge >= 0.3 is 0 Å². The van der Waals surface area contributed by atoms with Gasteiger partial charge in [-0.2, -0.15) is 0 Å². The van der Waals surface area contributed by atoms with Gasteiger partial charge in [0.1, 0.15) is 5.75 Å². The van der Waals surface area contributed by atoms with Gasteiger partial charge in [-0.05, 0) is 31.4 Å². The number of carbonyl (C=O) groups excluding carboxylic acids is 1. The van der Waals surface area contributed by atoms with Crippen LogP contribution in [-0.4, -0.2) is 29.6 Å². The summed E-state index contributed by atoms with van der Waals surface area (Å²) in [6, 6.07) is 3.53. The minimum atomic E-state index is -0.564. The van der Waals surface area contributed by atoms with Crippen molar-refractivity contribution in [2.24, 2.45) is 11.7 Å².